The Morgan fingerprint density at radius 3 is 2.29 bits per heavy atom. The van der Waals surface area contributed by atoms with Crippen molar-refractivity contribution in [1.29, 1.82) is 0 Å². The highest BCUT2D eigenvalue weighted by Crippen LogP contribution is 2.39. The van der Waals surface area contributed by atoms with Crippen LogP contribution in [0.15, 0.2) is 84.9 Å². The minimum absolute atomic E-state index is 0.536. The van der Waals surface area contributed by atoms with Gasteiger partial charge in [0, 0.05) is 0 Å². The van der Waals surface area contributed by atoms with Crippen LogP contribution in [0.2, 0.25) is 0 Å². The van der Waals surface area contributed by atoms with Gasteiger partial charge >= 0.3 is 5.97 Å². The largest absolute Gasteiger partial charge is 0.478 e. The minimum Gasteiger partial charge on any atom is -0.478 e. The number of nitrogens with one attached hydrogen (secondary N) is 1. The van der Waals surface area contributed by atoms with E-state index in [1.165, 1.54) is 0 Å². The third-order valence-corrected chi connectivity index (χ3v) is 5.31. The van der Waals surface area contributed by atoms with Gasteiger partial charge in [0.1, 0.15) is 11.3 Å². The predicted octanol–water partition coefficient (Wildman–Crippen LogP) is 4.00. The van der Waals surface area contributed by atoms with E-state index >= 15 is 0 Å². The molecule has 0 fully saturated rings. The Morgan fingerprint density at radius 1 is 0.929 bits per heavy atom. The van der Waals surface area contributed by atoms with E-state index < -0.39 is 17.6 Å². The molecule has 0 saturated heterocycles. The summed E-state index contributed by atoms with van der Waals surface area (Å²) in [6.45, 7) is 0.700. The van der Waals surface area contributed by atoms with Crippen LogP contribution in [0, 0.1) is 0 Å². The van der Waals surface area contributed by atoms with Crippen LogP contribution < -0.4 is 10.1 Å². The van der Waals surface area contributed by atoms with E-state index in [2.05, 4.69) is 11.4 Å². The maximum Gasteiger partial charge on any atom is 0.347 e. The minimum atomic E-state index is -1.13. The lowest BCUT2D eigenvalue weighted by molar-refractivity contribution is -0.148. The van der Waals surface area contributed by atoms with Crippen molar-refractivity contribution in [3.05, 3.63) is 102 Å². The molecule has 0 spiro atoms. The first-order valence-electron chi connectivity index (χ1n) is 9.55. The van der Waals surface area contributed by atoms with E-state index in [4.69, 9.17) is 4.74 Å². The maximum atomic E-state index is 12.5. The van der Waals surface area contributed by atoms with E-state index in [1.807, 2.05) is 66.7 Å². The van der Waals surface area contributed by atoms with Crippen molar-refractivity contribution >= 4 is 5.97 Å². The van der Waals surface area contributed by atoms with E-state index in [9.17, 15) is 9.90 Å². The number of carboxylic acid groups (broad SMARTS) is 1. The molecular formula is C24H23NO3. The maximum absolute atomic E-state index is 12.5. The zero-order valence-corrected chi connectivity index (χ0v) is 15.5. The van der Waals surface area contributed by atoms with Gasteiger partial charge < -0.3 is 15.2 Å². The van der Waals surface area contributed by atoms with Crippen LogP contribution in [0.3, 0.4) is 0 Å². The fraction of sp³-hybridized carbons (Fsp3) is 0.208. The van der Waals surface area contributed by atoms with Crippen LogP contribution in [0.5, 0.6) is 5.75 Å². The number of rotatable bonds is 5. The molecule has 0 unspecified atom stereocenters. The van der Waals surface area contributed by atoms with Crippen molar-refractivity contribution in [3.63, 3.8) is 0 Å². The first-order chi connectivity index (χ1) is 13.7. The van der Waals surface area contributed by atoms with Crippen molar-refractivity contribution in [2.45, 2.75) is 24.5 Å². The highest BCUT2D eigenvalue weighted by molar-refractivity contribution is 5.77. The smallest absolute Gasteiger partial charge is 0.347 e. The molecule has 0 radical (unpaired) electrons. The molecule has 2 N–H and O–H groups in total. The molecule has 3 aromatic rings. The summed E-state index contributed by atoms with van der Waals surface area (Å²) in [6, 6.07) is 27.0. The number of aryl methyl sites for hydroxylation is 1. The Morgan fingerprint density at radius 2 is 1.57 bits per heavy atom. The molecule has 1 aliphatic rings. The van der Waals surface area contributed by atoms with Crippen LogP contribution in [0.1, 0.15) is 23.1 Å². The first-order valence-corrected chi connectivity index (χ1v) is 9.55. The molecular weight excluding hydrogens is 350 g/mol. The molecule has 1 aliphatic heterocycles. The van der Waals surface area contributed by atoms with Gasteiger partial charge in [-0.2, -0.15) is 0 Å². The molecule has 0 bridgehead atoms. The van der Waals surface area contributed by atoms with E-state index in [1.54, 1.807) is 12.1 Å². The zero-order chi connectivity index (χ0) is 19.4. The molecule has 0 amide bonds. The number of carbonyl (C=O) groups is 1. The molecule has 4 nitrogen and oxygen atoms in total. The van der Waals surface area contributed by atoms with Gasteiger partial charge in [-0.25, -0.2) is 4.79 Å². The van der Waals surface area contributed by atoms with Crippen LogP contribution in [0.25, 0.3) is 0 Å². The van der Waals surface area contributed by atoms with Gasteiger partial charge in [-0.15, -0.1) is 0 Å². The Kier molecular flexibility index (Phi) is 5.13. The topological polar surface area (TPSA) is 58.6 Å². The SMILES string of the molecule is O=C(O)[C@@H](Oc1ccccc1)[C@@]1(c2ccccc2)NCCCc2ccccc21. The summed E-state index contributed by atoms with van der Waals surface area (Å²) in [7, 11) is 0. The Bertz CT molecular complexity index is 942. The van der Waals surface area contributed by atoms with Crippen molar-refractivity contribution in [1.82, 2.24) is 5.32 Å². The number of hydrogen-bond donors (Lipinski definition) is 2. The number of carboxylic acids is 1. The third-order valence-electron chi connectivity index (χ3n) is 5.31. The molecule has 4 rings (SSSR count). The second-order valence-corrected chi connectivity index (χ2v) is 7.01. The molecule has 3 aromatic carbocycles. The number of fused-ring (bicyclic) bond motifs is 1. The van der Waals surface area contributed by atoms with Crippen molar-refractivity contribution in [2.75, 3.05) is 6.54 Å². The standard InChI is InChI=1S/C24H23NO3/c26-23(27)22(28-20-14-5-2-6-15-20)24(19-12-3-1-4-13-19)21-16-8-7-10-18(21)11-9-17-25-24/h1-8,10,12-16,22,25H,9,11,17H2,(H,26,27)/t22-,24+/m1/s1. The fourth-order valence-electron chi connectivity index (χ4n) is 4.09. The van der Waals surface area contributed by atoms with Gasteiger partial charge in [0.2, 0.25) is 6.10 Å². The third kappa shape index (κ3) is 3.27. The van der Waals surface area contributed by atoms with Gasteiger partial charge in [-0.05, 0) is 48.2 Å². The quantitative estimate of drug-likeness (QED) is 0.710. The summed E-state index contributed by atoms with van der Waals surface area (Å²) in [5.74, 6) is -0.467. The Labute approximate surface area is 164 Å². The summed E-state index contributed by atoms with van der Waals surface area (Å²) in [5, 5.41) is 13.8. The van der Waals surface area contributed by atoms with Gasteiger partial charge in [-0.3, -0.25) is 0 Å². The van der Waals surface area contributed by atoms with Gasteiger partial charge in [-0.1, -0.05) is 72.8 Å². The van der Waals surface area contributed by atoms with Gasteiger partial charge in [0.25, 0.3) is 0 Å². The number of ether oxygens (including phenoxy) is 1. The molecule has 0 aliphatic carbocycles. The molecule has 2 atom stereocenters. The zero-order valence-electron chi connectivity index (χ0n) is 15.5. The van der Waals surface area contributed by atoms with E-state index in [0.29, 0.717) is 12.3 Å². The van der Waals surface area contributed by atoms with Gasteiger partial charge in [0.05, 0.1) is 0 Å². The molecule has 4 heteroatoms. The monoisotopic (exact) mass is 373 g/mol. The van der Waals surface area contributed by atoms with Crippen molar-refractivity contribution in [3.8, 4) is 5.75 Å². The summed E-state index contributed by atoms with van der Waals surface area (Å²) < 4.78 is 6.12. The second-order valence-electron chi connectivity index (χ2n) is 7.01. The van der Waals surface area contributed by atoms with Crippen molar-refractivity contribution in [2.24, 2.45) is 0 Å². The summed E-state index contributed by atoms with van der Waals surface area (Å²) in [4.78, 5) is 12.5. The average Bonchev–Trinajstić information content (AvgIpc) is 2.94. The summed E-state index contributed by atoms with van der Waals surface area (Å²) in [6.07, 6.45) is 0.704. The normalized spacial score (nSPS) is 19.9. The summed E-state index contributed by atoms with van der Waals surface area (Å²) >= 11 is 0. The van der Waals surface area contributed by atoms with Gasteiger partial charge in [0.15, 0.2) is 0 Å². The number of para-hydroxylation sites is 1. The highest BCUT2D eigenvalue weighted by Gasteiger charge is 2.49. The van der Waals surface area contributed by atoms with Crippen molar-refractivity contribution < 1.29 is 14.6 Å². The summed E-state index contributed by atoms with van der Waals surface area (Å²) in [5.41, 5.74) is 2.00. The van der Waals surface area contributed by atoms with Crippen LogP contribution in [-0.4, -0.2) is 23.7 Å². The lowest BCUT2D eigenvalue weighted by atomic mass is 9.76. The van der Waals surface area contributed by atoms with Crippen LogP contribution >= 0.6 is 0 Å². The molecule has 28 heavy (non-hydrogen) atoms. The highest BCUT2D eigenvalue weighted by atomic mass is 16.5. The molecule has 0 saturated carbocycles. The molecule has 142 valence electrons. The molecule has 1 heterocycles. The predicted molar refractivity (Wildman–Crippen MR) is 108 cm³/mol. The van der Waals surface area contributed by atoms with Crippen LogP contribution in [0.4, 0.5) is 0 Å². The van der Waals surface area contributed by atoms with E-state index in [-0.39, 0.29) is 0 Å². The fourth-order valence-corrected chi connectivity index (χ4v) is 4.09. The number of hydrogen-bond acceptors (Lipinski definition) is 3. The average molecular weight is 373 g/mol. The lowest BCUT2D eigenvalue weighted by Crippen LogP contribution is -2.58. The Balaban J connectivity index is 1.94. The number of aliphatic carboxylic acids is 1. The molecule has 0 aromatic heterocycles. The second kappa shape index (κ2) is 7.87. The van der Waals surface area contributed by atoms with Crippen LogP contribution in [-0.2, 0) is 16.8 Å². The Hall–Kier alpha value is -3.11. The van der Waals surface area contributed by atoms with E-state index in [0.717, 1.165) is 29.5 Å². The number of benzene rings is 3. The lowest BCUT2D eigenvalue weighted by Gasteiger charge is -2.40. The first kappa shape index (κ1) is 18.3.